The van der Waals surface area contributed by atoms with Crippen molar-refractivity contribution in [3.05, 3.63) is 90.0 Å². The topological polar surface area (TPSA) is 24.5 Å². The van der Waals surface area contributed by atoms with E-state index in [2.05, 4.69) is 45.3 Å². The van der Waals surface area contributed by atoms with Gasteiger partial charge in [0.25, 0.3) is 0 Å². The molecule has 0 unspecified atom stereocenters. The molecule has 32 heavy (non-hydrogen) atoms. The van der Waals surface area contributed by atoms with Gasteiger partial charge in [0.1, 0.15) is 5.75 Å². The van der Waals surface area contributed by atoms with Crippen LogP contribution in [0.1, 0.15) is 17.2 Å². The molecule has 0 spiro atoms. The van der Waals surface area contributed by atoms with Gasteiger partial charge in [-0.1, -0.05) is 60.7 Å². The van der Waals surface area contributed by atoms with E-state index in [1.807, 2.05) is 24.3 Å². The normalized spacial score (nSPS) is 16.3. The number of nitrogens with zero attached hydrogens (tertiary/aromatic N) is 1. The van der Waals surface area contributed by atoms with E-state index in [1.165, 1.54) is 22.9 Å². The molecule has 5 rings (SSSR count). The molecular formula is C26H23F3N2O. The maximum absolute atomic E-state index is 12.6. The fraction of sp³-hybridized carbons (Fsp3) is 0.231. The average molecular weight is 436 g/mol. The lowest BCUT2D eigenvalue weighted by Gasteiger charge is -2.36. The summed E-state index contributed by atoms with van der Waals surface area (Å²) in [4.78, 5) is 2.40. The summed E-state index contributed by atoms with van der Waals surface area (Å²) in [5.41, 5.74) is 2.10. The zero-order valence-electron chi connectivity index (χ0n) is 17.4. The van der Waals surface area contributed by atoms with E-state index in [0.29, 0.717) is 0 Å². The highest BCUT2D eigenvalue weighted by atomic mass is 19.4. The van der Waals surface area contributed by atoms with Gasteiger partial charge in [-0.25, -0.2) is 0 Å². The Hall–Kier alpha value is -3.09. The highest BCUT2D eigenvalue weighted by Crippen LogP contribution is 2.38. The number of hydrogen-bond acceptors (Lipinski definition) is 3. The molecule has 1 aliphatic heterocycles. The van der Waals surface area contributed by atoms with Crippen molar-refractivity contribution in [1.82, 2.24) is 10.2 Å². The fourth-order valence-corrected chi connectivity index (χ4v) is 4.69. The highest BCUT2D eigenvalue weighted by Gasteiger charge is 2.31. The van der Waals surface area contributed by atoms with Crippen molar-refractivity contribution in [3.8, 4) is 5.75 Å². The maximum atomic E-state index is 12.6. The molecule has 0 bridgehead atoms. The van der Waals surface area contributed by atoms with Crippen LogP contribution in [0.4, 0.5) is 13.2 Å². The summed E-state index contributed by atoms with van der Waals surface area (Å²) in [7, 11) is 0. The molecule has 0 amide bonds. The molecule has 0 aromatic heterocycles. The van der Waals surface area contributed by atoms with Gasteiger partial charge >= 0.3 is 6.36 Å². The van der Waals surface area contributed by atoms with Gasteiger partial charge < -0.3 is 10.1 Å². The molecule has 1 aliphatic rings. The summed E-state index contributed by atoms with van der Waals surface area (Å²) < 4.78 is 42.0. The molecular weight excluding hydrogens is 413 g/mol. The summed E-state index contributed by atoms with van der Waals surface area (Å²) in [5, 5.41) is 8.07. The van der Waals surface area contributed by atoms with Gasteiger partial charge in [0.2, 0.25) is 0 Å². The van der Waals surface area contributed by atoms with Gasteiger partial charge in [-0.3, -0.25) is 4.90 Å². The van der Waals surface area contributed by atoms with Crippen LogP contribution in [0.5, 0.6) is 5.75 Å². The highest BCUT2D eigenvalue weighted by molar-refractivity contribution is 6.09. The molecule has 0 radical (unpaired) electrons. The third-order valence-electron chi connectivity index (χ3n) is 6.04. The standard InChI is InChI=1S/C26H23F3N2O/c27-26(28,29)32-20-11-9-18(10-12-20)25(31-15-13-30-14-16-31)24-17-19-5-1-2-6-21(19)22-7-3-4-8-23(22)24/h1-12,17,25,30H,13-16H2/t25-/m0/s1. The summed E-state index contributed by atoms with van der Waals surface area (Å²) in [6.45, 7) is 3.45. The van der Waals surface area contributed by atoms with Crippen LogP contribution in [0.15, 0.2) is 78.9 Å². The van der Waals surface area contributed by atoms with Crippen LogP contribution in [0.2, 0.25) is 0 Å². The van der Waals surface area contributed by atoms with Crippen molar-refractivity contribution in [2.75, 3.05) is 26.2 Å². The van der Waals surface area contributed by atoms with Crippen LogP contribution in [-0.2, 0) is 0 Å². The van der Waals surface area contributed by atoms with Crippen LogP contribution in [0.25, 0.3) is 21.5 Å². The number of rotatable bonds is 4. The SMILES string of the molecule is FC(F)(F)Oc1ccc([C@@H](c2cc3ccccc3c3ccccc23)N2CCNCC2)cc1. The van der Waals surface area contributed by atoms with Crippen molar-refractivity contribution >= 4 is 21.5 Å². The van der Waals surface area contributed by atoms with E-state index in [4.69, 9.17) is 0 Å². The number of ether oxygens (including phenoxy) is 1. The first-order valence-corrected chi connectivity index (χ1v) is 10.7. The Balaban J connectivity index is 1.67. The first-order valence-electron chi connectivity index (χ1n) is 10.7. The van der Waals surface area contributed by atoms with Gasteiger partial charge in [-0.05, 0) is 50.9 Å². The minimum Gasteiger partial charge on any atom is -0.406 e. The lowest BCUT2D eigenvalue weighted by molar-refractivity contribution is -0.274. The van der Waals surface area contributed by atoms with Crippen molar-refractivity contribution in [1.29, 1.82) is 0 Å². The molecule has 0 aliphatic carbocycles. The van der Waals surface area contributed by atoms with Crippen LogP contribution in [-0.4, -0.2) is 37.4 Å². The third-order valence-corrected chi connectivity index (χ3v) is 6.04. The summed E-state index contributed by atoms with van der Waals surface area (Å²) in [6.07, 6.45) is -4.70. The Morgan fingerprint density at radius 3 is 2.09 bits per heavy atom. The van der Waals surface area contributed by atoms with Crippen molar-refractivity contribution in [3.63, 3.8) is 0 Å². The van der Waals surface area contributed by atoms with Crippen LogP contribution in [0, 0.1) is 0 Å². The molecule has 4 aromatic rings. The zero-order chi connectivity index (χ0) is 22.1. The summed E-state index contributed by atoms with van der Waals surface area (Å²) in [5.74, 6) is -0.205. The Labute approximate surface area is 184 Å². The molecule has 0 saturated carbocycles. The average Bonchev–Trinajstić information content (AvgIpc) is 2.80. The van der Waals surface area contributed by atoms with Gasteiger partial charge in [0.05, 0.1) is 6.04 Å². The second-order valence-electron chi connectivity index (χ2n) is 8.04. The maximum Gasteiger partial charge on any atom is 0.573 e. The van der Waals surface area contributed by atoms with Crippen LogP contribution >= 0.6 is 0 Å². The molecule has 1 heterocycles. The first-order chi connectivity index (χ1) is 15.5. The smallest absolute Gasteiger partial charge is 0.406 e. The van der Waals surface area contributed by atoms with Crippen molar-refractivity contribution in [2.24, 2.45) is 0 Å². The van der Waals surface area contributed by atoms with E-state index in [-0.39, 0.29) is 11.8 Å². The quantitative estimate of drug-likeness (QED) is 0.404. The Morgan fingerprint density at radius 2 is 1.41 bits per heavy atom. The van der Waals surface area contributed by atoms with Gasteiger partial charge in [0, 0.05) is 26.2 Å². The van der Waals surface area contributed by atoms with Gasteiger partial charge in [-0.15, -0.1) is 13.2 Å². The molecule has 1 saturated heterocycles. The van der Waals surface area contributed by atoms with Gasteiger partial charge in [0.15, 0.2) is 0 Å². The van der Waals surface area contributed by atoms with Crippen LogP contribution in [0.3, 0.4) is 0 Å². The predicted octanol–water partition coefficient (Wildman–Crippen LogP) is 5.89. The summed E-state index contributed by atoms with van der Waals surface area (Å²) in [6, 6.07) is 25.1. The minimum atomic E-state index is -4.70. The van der Waals surface area contributed by atoms with Crippen molar-refractivity contribution in [2.45, 2.75) is 12.4 Å². The second kappa shape index (κ2) is 8.45. The second-order valence-corrected chi connectivity index (χ2v) is 8.04. The molecule has 3 nitrogen and oxygen atoms in total. The molecule has 1 atom stereocenters. The van der Waals surface area contributed by atoms with E-state index in [9.17, 15) is 13.2 Å². The fourth-order valence-electron chi connectivity index (χ4n) is 4.69. The minimum absolute atomic E-state index is 0.0773. The largest absolute Gasteiger partial charge is 0.573 e. The first kappa shape index (κ1) is 20.8. The number of benzene rings is 4. The predicted molar refractivity (Wildman–Crippen MR) is 121 cm³/mol. The van der Waals surface area contributed by atoms with Crippen LogP contribution < -0.4 is 10.1 Å². The lowest BCUT2D eigenvalue weighted by Crippen LogP contribution is -2.45. The van der Waals surface area contributed by atoms with Gasteiger partial charge in [-0.2, -0.15) is 0 Å². The Kier molecular flexibility index (Phi) is 5.49. The Bertz CT molecular complexity index is 1230. The third kappa shape index (κ3) is 4.16. The molecule has 164 valence electrons. The van der Waals surface area contributed by atoms with E-state index in [1.54, 1.807) is 12.1 Å². The van der Waals surface area contributed by atoms with E-state index in [0.717, 1.165) is 48.1 Å². The monoisotopic (exact) mass is 436 g/mol. The molecule has 4 aromatic carbocycles. The molecule has 6 heteroatoms. The number of nitrogens with one attached hydrogen (secondary N) is 1. The molecule has 1 fully saturated rings. The summed E-state index contributed by atoms with van der Waals surface area (Å²) >= 11 is 0. The Morgan fingerprint density at radius 1 is 0.781 bits per heavy atom. The molecule has 1 N–H and O–H groups in total. The van der Waals surface area contributed by atoms with E-state index < -0.39 is 6.36 Å². The number of hydrogen-bond donors (Lipinski definition) is 1. The number of piperazine rings is 1. The number of halogens is 3. The number of alkyl halides is 3. The zero-order valence-corrected chi connectivity index (χ0v) is 17.4. The number of fused-ring (bicyclic) bond motifs is 3. The lowest BCUT2D eigenvalue weighted by atomic mass is 9.89. The van der Waals surface area contributed by atoms with Crippen molar-refractivity contribution < 1.29 is 17.9 Å². The van der Waals surface area contributed by atoms with E-state index >= 15 is 0 Å².